The molecule has 0 saturated heterocycles. The number of nitrogens with zero attached hydrogens (tertiary/aromatic N) is 1. The maximum absolute atomic E-state index is 12.7. The molecule has 9 heteroatoms. The minimum absolute atomic E-state index is 0.0208. The molecule has 0 amide bonds. The number of hydrogen-bond acceptors (Lipinski definition) is 7. The van der Waals surface area contributed by atoms with E-state index in [0.29, 0.717) is 24.1 Å². The summed E-state index contributed by atoms with van der Waals surface area (Å²) in [5.41, 5.74) is 0. The van der Waals surface area contributed by atoms with Crippen molar-refractivity contribution in [2.75, 3.05) is 54.1 Å². The van der Waals surface area contributed by atoms with E-state index in [9.17, 15) is 14.3 Å². The smallest absolute Gasteiger partial charge is 0.306 e. The Hall–Kier alpha value is -2.06. The van der Waals surface area contributed by atoms with Gasteiger partial charge in [-0.1, -0.05) is 202 Å². The van der Waals surface area contributed by atoms with Gasteiger partial charge in [-0.25, -0.2) is 0 Å². The van der Waals surface area contributed by atoms with Crippen molar-refractivity contribution in [2.24, 2.45) is 0 Å². The summed E-state index contributed by atoms with van der Waals surface area (Å²) in [7, 11) is 1.34. The molecule has 0 bridgehead atoms. The lowest BCUT2D eigenvalue weighted by atomic mass is 10.0. The summed E-state index contributed by atoms with van der Waals surface area (Å²) in [6.45, 7) is 5.29. The molecule has 0 N–H and O–H groups in total. The van der Waals surface area contributed by atoms with Gasteiger partial charge >= 0.3 is 5.97 Å². The monoisotopic (exact) mass is 890 g/mol. The van der Waals surface area contributed by atoms with E-state index in [-0.39, 0.29) is 25.8 Å². The zero-order valence-corrected chi connectivity index (χ0v) is 41.7. The number of carbonyl (C=O) groups is 1. The molecule has 0 fully saturated rings. The lowest BCUT2D eigenvalue weighted by Gasteiger charge is -2.28. The quantitative estimate of drug-likeness (QED) is 0.0197. The second-order valence-corrected chi connectivity index (χ2v) is 19.2. The van der Waals surface area contributed by atoms with Crippen LogP contribution in [0.5, 0.6) is 0 Å². The summed E-state index contributed by atoms with van der Waals surface area (Å²) in [6.07, 6.45) is 59.2. The van der Waals surface area contributed by atoms with Gasteiger partial charge in [0.2, 0.25) is 0 Å². The molecule has 0 aliphatic carbocycles. The van der Waals surface area contributed by atoms with E-state index in [1.54, 1.807) is 0 Å². The largest absolute Gasteiger partial charge is 0.756 e. The molecule has 360 valence electrons. The number of rotatable bonds is 46. The van der Waals surface area contributed by atoms with Gasteiger partial charge in [-0.05, 0) is 64.2 Å². The van der Waals surface area contributed by atoms with Crippen molar-refractivity contribution < 1.29 is 37.3 Å². The first-order chi connectivity index (χ1) is 30.1. The van der Waals surface area contributed by atoms with E-state index in [1.165, 1.54) is 96.3 Å². The van der Waals surface area contributed by atoms with E-state index in [4.69, 9.17) is 18.5 Å². The standard InChI is InChI=1S/C53H96NO7P/c1-6-8-10-12-14-16-18-20-22-23-24-25-26-27-28-29-30-31-32-34-36-38-40-42-44-46-53(55)61-52(51-60-62(56,57)59-49-47-54(3,4)5)50-58-48-45-43-41-39-37-35-33-21-19-17-15-13-11-9-7-2/h8,10,14,16,20,22,24-25,27-28,30-31,52H,6-7,9,11-13,15,17-19,21,23,26,29,32-51H2,1-5H3/b10-8-,16-14-,22-20-,25-24-,28-27-,31-30-. The Morgan fingerprint density at radius 3 is 1.40 bits per heavy atom. The van der Waals surface area contributed by atoms with Crippen molar-refractivity contribution in [3.05, 3.63) is 72.9 Å². The third-order valence-corrected chi connectivity index (χ3v) is 11.5. The van der Waals surface area contributed by atoms with Gasteiger partial charge in [-0.3, -0.25) is 9.36 Å². The maximum atomic E-state index is 12.7. The van der Waals surface area contributed by atoms with Crippen LogP contribution < -0.4 is 4.89 Å². The molecule has 0 aliphatic heterocycles. The number of ether oxygens (including phenoxy) is 2. The minimum Gasteiger partial charge on any atom is -0.756 e. The molecule has 2 unspecified atom stereocenters. The molecule has 0 radical (unpaired) electrons. The number of quaternary nitrogens is 1. The van der Waals surface area contributed by atoms with E-state index < -0.39 is 13.9 Å². The van der Waals surface area contributed by atoms with Gasteiger partial charge in [0.15, 0.2) is 0 Å². The average Bonchev–Trinajstić information content (AvgIpc) is 3.23. The van der Waals surface area contributed by atoms with Crippen LogP contribution in [-0.4, -0.2) is 70.7 Å². The summed E-state index contributed by atoms with van der Waals surface area (Å²) in [5.74, 6) is -0.349. The highest BCUT2D eigenvalue weighted by Gasteiger charge is 2.20. The second kappa shape index (κ2) is 45.5. The number of esters is 1. The Balaban J connectivity index is 4.19. The van der Waals surface area contributed by atoms with Gasteiger partial charge in [-0.2, -0.15) is 0 Å². The number of hydrogen-bond donors (Lipinski definition) is 0. The Morgan fingerprint density at radius 1 is 0.516 bits per heavy atom. The van der Waals surface area contributed by atoms with Gasteiger partial charge in [0.05, 0.1) is 34.4 Å². The summed E-state index contributed by atoms with van der Waals surface area (Å²) < 4.78 is 34.7. The first-order valence-corrected chi connectivity index (χ1v) is 26.6. The number of likely N-dealkylation sites (N-methyl/N-ethyl adjacent to an activating group) is 1. The lowest BCUT2D eigenvalue weighted by Crippen LogP contribution is -2.37. The molecule has 2 atom stereocenters. The van der Waals surface area contributed by atoms with Crippen LogP contribution in [0, 0.1) is 0 Å². The fraction of sp³-hybridized carbons (Fsp3) is 0.755. The van der Waals surface area contributed by atoms with Gasteiger partial charge < -0.3 is 27.9 Å². The molecule has 0 aromatic heterocycles. The highest BCUT2D eigenvalue weighted by atomic mass is 31.2. The number of unbranched alkanes of at least 4 members (excludes halogenated alkanes) is 20. The number of phosphoric ester groups is 1. The highest BCUT2D eigenvalue weighted by Crippen LogP contribution is 2.38. The average molecular weight is 890 g/mol. The van der Waals surface area contributed by atoms with Crippen molar-refractivity contribution in [3.63, 3.8) is 0 Å². The summed E-state index contributed by atoms with van der Waals surface area (Å²) in [5, 5.41) is 0. The molecular weight excluding hydrogens is 794 g/mol. The number of carbonyl (C=O) groups excluding carboxylic acids is 1. The van der Waals surface area contributed by atoms with Gasteiger partial charge in [-0.15, -0.1) is 0 Å². The predicted molar refractivity (Wildman–Crippen MR) is 263 cm³/mol. The van der Waals surface area contributed by atoms with Crippen LogP contribution in [-0.2, 0) is 27.9 Å². The van der Waals surface area contributed by atoms with Crippen molar-refractivity contribution in [1.29, 1.82) is 0 Å². The molecule has 0 aromatic carbocycles. The van der Waals surface area contributed by atoms with Crippen LogP contribution in [0.25, 0.3) is 0 Å². The molecule has 0 heterocycles. The first kappa shape index (κ1) is 59.9. The van der Waals surface area contributed by atoms with E-state index in [0.717, 1.165) is 83.5 Å². The molecule has 0 spiro atoms. The molecule has 62 heavy (non-hydrogen) atoms. The third-order valence-electron chi connectivity index (χ3n) is 10.5. The molecule has 0 aromatic rings. The topological polar surface area (TPSA) is 94.1 Å². The Labute approximate surface area is 383 Å². The lowest BCUT2D eigenvalue weighted by molar-refractivity contribution is -0.870. The SMILES string of the molecule is CC/C=C\C/C=C\C/C=C\C/C=C\C/C=C\C/C=C\CCCCCCCCC(=O)OC(COCCCCCCCCCCCCCCCCC)COP(=O)([O-])OCC[N+](C)(C)C. The molecule has 8 nitrogen and oxygen atoms in total. The first-order valence-electron chi connectivity index (χ1n) is 25.2. The Kier molecular flexibility index (Phi) is 44.0. The van der Waals surface area contributed by atoms with Gasteiger partial charge in [0.1, 0.15) is 19.3 Å². The molecular formula is C53H96NO7P. The van der Waals surface area contributed by atoms with Crippen LogP contribution in [0.4, 0.5) is 0 Å². The van der Waals surface area contributed by atoms with Crippen molar-refractivity contribution >= 4 is 13.8 Å². The fourth-order valence-corrected chi connectivity index (χ4v) is 7.40. The van der Waals surface area contributed by atoms with Gasteiger partial charge in [0, 0.05) is 13.0 Å². The summed E-state index contributed by atoms with van der Waals surface area (Å²) >= 11 is 0. The zero-order valence-electron chi connectivity index (χ0n) is 40.8. The van der Waals surface area contributed by atoms with Crippen molar-refractivity contribution in [2.45, 2.75) is 206 Å². The summed E-state index contributed by atoms with van der Waals surface area (Å²) in [4.78, 5) is 25.2. The van der Waals surface area contributed by atoms with E-state index in [1.807, 2.05) is 21.1 Å². The van der Waals surface area contributed by atoms with Crippen molar-refractivity contribution in [3.8, 4) is 0 Å². The minimum atomic E-state index is -4.54. The van der Waals surface area contributed by atoms with Crippen LogP contribution in [0.3, 0.4) is 0 Å². The Morgan fingerprint density at radius 2 is 0.935 bits per heavy atom. The number of phosphoric acid groups is 1. The second-order valence-electron chi connectivity index (χ2n) is 17.8. The number of allylic oxidation sites excluding steroid dienone is 12. The van der Waals surface area contributed by atoms with Crippen LogP contribution in [0.1, 0.15) is 200 Å². The third kappa shape index (κ3) is 49.0. The van der Waals surface area contributed by atoms with Gasteiger partial charge in [0.25, 0.3) is 7.82 Å². The normalized spacial score (nSPS) is 14.2. The molecule has 0 rings (SSSR count). The van der Waals surface area contributed by atoms with E-state index >= 15 is 0 Å². The van der Waals surface area contributed by atoms with E-state index in [2.05, 4.69) is 86.8 Å². The Bertz CT molecular complexity index is 1220. The summed E-state index contributed by atoms with van der Waals surface area (Å²) in [6, 6.07) is 0. The molecule has 0 saturated carbocycles. The zero-order chi connectivity index (χ0) is 45.5. The maximum Gasteiger partial charge on any atom is 0.306 e. The van der Waals surface area contributed by atoms with Crippen LogP contribution >= 0.6 is 7.82 Å². The van der Waals surface area contributed by atoms with Crippen molar-refractivity contribution in [1.82, 2.24) is 0 Å². The predicted octanol–water partition coefficient (Wildman–Crippen LogP) is 14.8. The molecule has 0 aliphatic rings. The van der Waals surface area contributed by atoms with Crippen LogP contribution in [0.15, 0.2) is 72.9 Å². The fourth-order valence-electron chi connectivity index (χ4n) is 6.67. The highest BCUT2D eigenvalue weighted by molar-refractivity contribution is 7.45. The van der Waals surface area contributed by atoms with Crippen LogP contribution in [0.2, 0.25) is 0 Å².